The number of aldehydes is 1. The quantitative estimate of drug-likeness (QED) is 0.300. The molecule has 13 heavy (non-hydrogen) atoms. The molecule has 0 aromatic carbocycles. The molecular formula is C12H22O. The lowest BCUT2D eigenvalue weighted by Gasteiger charge is -1.97. The van der Waals surface area contributed by atoms with E-state index in [1.165, 1.54) is 38.5 Å². The molecule has 0 spiro atoms. The first-order valence-corrected chi connectivity index (χ1v) is 5.50. The molecule has 0 atom stereocenters. The SMILES string of the molecule is CCCCCCCC/C=C\CC=O. The molecule has 0 bridgehead atoms. The van der Waals surface area contributed by atoms with Crippen molar-refractivity contribution in [2.75, 3.05) is 0 Å². The number of rotatable bonds is 9. The van der Waals surface area contributed by atoms with Crippen molar-refractivity contribution in [2.45, 2.75) is 58.3 Å². The van der Waals surface area contributed by atoms with Gasteiger partial charge in [-0.2, -0.15) is 0 Å². The predicted octanol–water partition coefficient (Wildman–Crippen LogP) is 3.88. The van der Waals surface area contributed by atoms with Crippen LogP contribution < -0.4 is 0 Å². The van der Waals surface area contributed by atoms with Crippen LogP contribution in [0, 0.1) is 0 Å². The molecule has 0 aliphatic heterocycles. The summed E-state index contributed by atoms with van der Waals surface area (Å²) in [6.07, 6.45) is 14.8. The number of hydrogen-bond donors (Lipinski definition) is 0. The number of unbranched alkanes of at least 4 members (excludes halogenated alkanes) is 6. The molecule has 1 heteroatoms. The summed E-state index contributed by atoms with van der Waals surface area (Å²) < 4.78 is 0. The van der Waals surface area contributed by atoms with Crippen LogP contribution >= 0.6 is 0 Å². The van der Waals surface area contributed by atoms with Crippen LogP contribution in [0.2, 0.25) is 0 Å². The van der Waals surface area contributed by atoms with Crippen molar-refractivity contribution in [3.05, 3.63) is 12.2 Å². The smallest absolute Gasteiger partial charge is 0.123 e. The summed E-state index contributed by atoms with van der Waals surface area (Å²) in [5, 5.41) is 0. The maximum absolute atomic E-state index is 9.96. The van der Waals surface area contributed by atoms with Crippen molar-refractivity contribution in [2.24, 2.45) is 0 Å². The van der Waals surface area contributed by atoms with Crippen LogP contribution in [0.3, 0.4) is 0 Å². The summed E-state index contributed by atoms with van der Waals surface area (Å²) in [4.78, 5) is 9.96. The summed E-state index contributed by atoms with van der Waals surface area (Å²) in [6, 6.07) is 0. The first-order valence-electron chi connectivity index (χ1n) is 5.50. The zero-order valence-corrected chi connectivity index (χ0v) is 8.80. The van der Waals surface area contributed by atoms with Crippen molar-refractivity contribution in [1.29, 1.82) is 0 Å². The Bertz CT molecular complexity index is 127. The third-order valence-corrected chi connectivity index (χ3v) is 2.12. The van der Waals surface area contributed by atoms with E-state index in [9.17, 15) is 4.79 Å². The van der Waals surface area contributed by atoms with Crippen LogP contribution in [0.1, 0.15) is 58.3 Å². The van der Waals surface area contributed by atoms with Crippen LogP contribution in [0.5, 0.6) is 0 Å². The molecule has 0 fully saturated rings. The molecule has 0 aromatic heterocycles. The molecular weight excluding hydrogens is 160 g/mol. The van der Waals surface area contributed by atoms with Gasteiger partial charge in [0, 0.05) is 6.42 Å². The first-order chi connectivity index (χ1) is 6.41. The molecule has 0 unspecified atom stereocenters. The fourth-order valence-corrected chi connectivity index (χ4v) is 1.31. The normalized spacial score (nSPS) is 10.8. The van der Waals surface area contributed by atoms with E-state index in [0.717, 1.165) is 12.7 Å². The van der Waals surface area contributed by atoms with E-state index in [0.29, 0.717) is 6.42 Å². The van der Waals surface area contributed by atoms with Gasteiger partial charge in [-0.1, -0.05) is 51.2 Å². The van der Waals surface area contributed by atoms with E-state index in [2.05, 4.69) is 13.0 Å². The van der Waals surface area contributed by atoms with E-state index in [-0.39, 0.29) is 0 Å². The van der Waals surface area contributed by atoms with Gasteiger partial charge in [0.2, 0.25) is 0 Å². The summed E-state index contributed by atoms with van der Waals surface area (Å²) in [5.41, 5.74) is 0. The molecule has 76 valence electrons. The van der Waals surface area contributed by atoms with Crippen molar-refractivity contribution < 1.29 is 4.79 Å². The maximum atomic E-state index is 9.96. The lowest BCUT2D eigenvalue weighted by molar-refractivity contribution is -0.107. The molecule has 0 saturated carbocycles. The van der Waals surface area contributed by atoms with Crippen molar-refractivity contribution in [1.82, 2.24) is 0 Å². The van der Waals surface area contributed by atoms with E-state index < -0.39 is 0 Å². The Labute approximate surface area is 82.2 Å². The molecule has 0 N–H and O–H groups in total. The first kappa shape index (κ1) is 12.4. The third-order valence-electron chi connectivity index (χ3n) is 2.12. The van der Waals surface area contributed by atoms with E-state index >= 15 is 0 Å². The van der Waals surface area contributed by atoms with Gasteiger partial charge in [-0.15, -0.1) is 0 Å². The maximum Gasteiger partial charge on any atom is 0.123 e. The zero-order chi connectivity index (χ0) is 9.78. The number of carbonyl (C=O) groups excluding carboxylic acids is 1. The van der Waals surface area contributed by atoms with Gasteiger partial charge in [0.15, 0.2) is 0 Å². The van der Waals surface area contributed by atoms with Crippen LogP contribution in [0.15, 0.2) is 12.2 Å². The van der Waals surface area contributed by atoms with Crippen molar-refractivity contribution >= 4 is 6.29 Å². The van der Waals surface area contributed by atoms with Crippen LogP contribution in [0.4, 0.5) is 0 Å². The highest BCUT2D eigenvalue weighted by atomic mass is 16.1. The highest BCUT2D eigenvalue weighted by Gasteiger charge is 1.87. The van der Waals surface area contributed by atoms with Crippen molar-refractivity contribution in [3.63, 3.8) is 0 Å². The molecule has 0 heterocycles. The molecule has 0 rings (SSSR count). The lowest BCUT2D eigenvalue weighted by atomic mass is 10.1. The Morgan fingerprint density at radius 1 is 0.923 bits per heavy atom. The molecule has 0 aliphatic carbocycles. The minimum absolute atomic E-state index is 0.579. The van der Waals surface area contributed by atoms with Crippen LogP contribution in [-0.4, -0.2) is 6.29 Å². The molecule has 0 saturated heterocycles. The number of hydrogen-bond acceptors (Lipinski definition) is 1. The molecule has 1 nitrogen and oxygen atoms in total. The molecule has 0 aliphatic rings. The summed E-state index contributed by atoms with van der Waals surface area (Å²) >= 11 is 0. The molecule has 0 aromatic rings. The minimum Gasteiger partial charge on any atom is -0.303 e. The standard InChI is InChI=1S/C12H22O/c1-2-3-4-5-6-7-8-9-10-11-12-13/h9-10,12H,2-8,11H2,1H3/b10-9-. The van der Waals surface area contributed by atoms with Gasteiger partial charge in [0.1, 0.15) is 6.29 Å². The van der Waals surface area contributed by atoms with Crippen molar-refractivity contribution in [3.8, 4) is 0 Å². The lowest BCUT2D eigenvalue weighted by Crippen LogP contribution is -1.77. The van der Waals surface area contributed by atoms with Gasteiger partial charge in [-0.3, -0.25) is 0 Å². The Hall–Kier alpha value is -0.590. The highest BCUT2D eigenvalue weighted by Crippen LogP contribution is 2.07. The predicted molar refractivity (Wildman–Crippen MR) is 57.8 cm³/mol. The Balaban J connectivity index is 2.94. The monoisotopic (exact) mass is 182 g/mol. The Kier molecular flexibility index (Phi) is 10.9. The number of carbonyl (C=O) groups is 1. The molecule has 0 radical (unpaired) electrons. The van der Waals surface area contributed by atoms with Gasteiger partial charge in [-0.05, 0) is 12.8 Å². The summed E-state index contributed by atoms with van der Waals surface area (Å²) in [7, 11) is 0. The highest BCUT2D eigenvalue weighted by molar-refractivity contribution is 5.51. The number of allylic oxidation sites excluding steroid dienone is 2. The largest absolute Gasteiger partial charge is 0.303 e. The van der Waals surface area contributed by atoms with Gasteiger partial charge < -0.3 is 4.79 Å². The van der Waals surface area contributed by atoms with Gasteiger partial charge in [-0.25, -0.2) is 0 Å². The van der Waals surface area contributed by atoms with Crippen LogP contribution in [0.25, 0.3) is 0 Å². The van der Waals surface area contributed by atoms with E-state index in [1.807, 2.05) is 6.08 Å². The topological polar surface area (TPSA) is 17.1 Å². The van der Waals surface area contributed by atoms with Crippen LogP contribution in [-0.2, 0) is 4.79 Å². The van der Waals surface area contributed by atoms with E-state index in [4.69, 9.17) is 0 Å². The average molecular weight is 182 g/mol. The Morgan fingerprint density at radius 2 is 1.62 bits per heavy atom. The second kappa shape index (κ2) is 11.4. The van der Waals surface area contributed by atoms with Gasteiger partial charge in [0.05, 0.1) is 0 Å². The fourth-order valence-electron chi connectivity index (χ4n) is 1.31. The van der Waals surface area contributed by atoms with Gasteiger partial charge in [0.25, 0.3) is 0 Å². The zero-order valence-electron chi connectivity index (χ0n) is 8.80. The second-order valence-electron chi connectivity index (χ2n) is 3.43. The third kappa shape index (κ3) is 11.4. The second-order valence-corrected chi connectivity index (χ2v) is 3.43. The van der Waals surface area contributed by atoms with Gasteiger partial charge >= 0.3 is 0 Å². The summed E-state index contributed by atoms with van der Waals surface area (Å²) in [6.45, 7) is 2.24. The Morgan fingerprint density at radius 3 is 2.31 bits per heavy atom. The average Bonchev–Trinajstić information content (AvgIpc) is 2.16. The minimum atomic E-state index is 0.579. The fraction of sp³-hybridized carbons (Fsp3) is 0.750. The van der Waals surface area contributed by atoms with E-state index in [1.54, 1.807) is 0 Å². The molecule has 0 amide bonds. The summed E-state index contributed by atoms with van der Waals surface area (Å²) in [5.74, 6) is 0.